The Morgan fingerprint density at radius 1 is 1.00 bits per heavy atom. The van der Waals surface area contributed by atoms with Crippen LogP contribution in [0.2, 0.25) is 0 Å². The maximum atomic E-state index is 12.2. The van der Waals surface area contributed by atoms with Gasteiger partial charge in [-0.2, -0.15) is 0 Å². The monoisotopic (exact) mass is 340 g/mol. The number of ether oxygens (including phenoxy) is 3. The van der Waals surface area contributed by atoms with E-state index in [0.29, 0.717) is 23.0 Å². The highest BCUT2D eigenvalue weighted by Crippen LogP contribution is 2.28. The Morgan fingerprint density at radius 3 is 2.48 bits per heavy atom. The molecule has 0 aliphatic carbocycles. The third-order valence-corrected chi connectivity index (χ3v) is 3.43. The number of hydrogen-bond donors (Lipinski definition) is 0. The van der Waals surface area contributed by atoms with Gasteiger partial charge in [-0.05, 0) is 30.3 Å². The Bertz CT molecular complexity index is 861. The van der Waals surface area contributed by atoms with Gasteiger partial charge in [-0.1, -0.05) is 18.2 Å². The van der Waals surface area contributed by atoms with Crippen molar-refractivity contribution in [1.82, 2.24) is 10.2 Å². The number of hydrogen-bond acceptors (Lipinski definition) is 7. The van der Waals surface area contributed by atoms with Gasteiger partial charge in [-0.25, -0.2) is 4.79 Å². The van der Waals surface area contributed by atoms with E-state index < -0.39 is 5.97 Å². The van der Waals surface area contributed by atoms with Gasteiger partial charge in [0.1, 0.15) is 0 Å². The largest absolute Gasteiger partial charge is 0.493 e. The van der Waals surface area contributed by atoms with E-state index in [9.17, 15) is 4.79 Å². The molecule has 0 atom stereocenters. The summed E-state index contributed by atoms with van der Waals surface area (Å²) in [6, 6.07) is 14.1. The summed E-state index contributed by atoms with van der Waals surface area (Å²) in [6.45, 7) is -0.118. The molecule has 7 nitrogen and oxygen atoms in total. The zero-order valence-electron chi connectivity index (χ0n) is 13.8. The van der Waals surface area contributed by atoms with Crippen molar-refractivity contribution >= 4 is 5.97 Å². The van der Waals surface area contributed by atoms with E-state index in [1.807, 2.05) is 30.3 Å². The number of carbonyl (C=O) groups excluding carboxylic acids is 1. The minimum absolute atomic E-state index is 0.118. The highest BCUT2D eigenvalue weighted by atomic mass is 16.5. The number of rotatable bonds is 6. The van der Waals surface area contributed by atoms with Crippen molar-refractivity contribution in [3.63, 3.8) is 0 Å². The summed E-state index contributed by atoms with van der Waals surface area (Å²) < 4.78 is 21.0. The van der Waals surface area contributed by atoms with E-state index in [-0.39, 0.29) is 12.5 Å². The minimum atomic E-state index is -0.527. The fraction of sp³-hybridized carbons (Fsp3) is 0.167. The van der Waals surface area contributed by atoms with Crippen LogP contribution in [-0.4, -0.2) is 30.4 Å². The van der Waals surface area contributed by atoms with Crippen molar-refractivity contribution in [2.45, 2.75) is 6.61 Å². The van der Waals surface area contributed by atoms with Gasteiger partial charge in [-0.15, -0.1) is 10.2 Å². The number of aromatic nitrogens is 2. The van der Waals surface area contributed by atoms with E-state index in [1.54, 1.807) is 18.2 Å². The molecule has 0 saturated heterocycles. The molecule has 25 heavy (non-hydrogen) atoms. The van der Waals surface area contributed by atoms with E-state index in [1.165, 1.54) is 14.2 Å². The molecule has 1 heterocycles. The Labute approximate surface area is 144 Å². The first-order chi connectivity index (χ1) is 12.2. The third-order valence-electron chi connectivity index (χ3n) is 3.43. The van der Waals surface area contributed by atoms with E-state index >= 15 is 0 Å². The zero-order valence-corrected chi connectivity index (χ0v) is 13.8. The Morgan fingerprint density at radius 2 is 1.76 bits per heavy atom. The molecule has 3 rings (SSSR count). The number of nitrogens with zero attached hydrogens (tertiary/aromatic N) is 2. The van der Waals surface area contributed by atoms with Crippen LogP contribution in [0.15, 0.2) is 52.9 Å². The molecule has 3 aromatic rings. The van der Waals surface area contributed by atoms with Crippen LogP contribution in [0.25, 0.3) is 11.5 Å². The maximum Gasteiger partial charge on any atom is 0.338 e. The molecular formula is C18H16N2O5. The summed E-state index contributed by atoms with van der Waals surface area (Å²) in [5, 5.41) is 7.82. The lowest BCUT2D eigenvalue weighted by Gasteiger charge is -2.08. The first-order valence-corrected chi connectivity index (χ1v) is 7.48. The maximum absolute atomic E-state index is 12.2. The van der Waals surface area contributed by atoms with Gasteiger partial charge in [0.15, 0.2) is 18.1 Å². The summed E-state index contributed by atoms with van der Waals surface area (Å²) in [5.74, 6) is 1.04. The fourth-order valence-corrected chi connectivity index (χ4v) is 2.18. The number of benzene rings is 2. The van der Waals surface area contributed by atoms with Crippen LogP contribution < -0.4 is 9.47 Å². The molecule has 0 spiro atoms. The molecule has 0 aliphatic heterocycles. The molecule has 0 N–H and O–H groups in total. The van der Waals surface area contributed by atoms with Gasteiger partial charge in [0.25, 0.3) is 5.89 Å². The van der Waals surface area contributed by atoms with Crippen LogP contribution in [0.5, 0.6) is 11.5 Å². The molecular weight excluding hydrogens is 324 g/mol. The molecule has 0 unspecified atom stereocenters. The Balaban J connectivity index is 1.66. The van der Waals surface area contributed by atoms with Crippen LogP contribution in [0.4, 0.5) is 0 Å². The normalized spacial score (nSPS) is 10.3. The molecule has 128 valence electrons. The molecule has 0 bridgehead atoms. The highest BCUT2D eigenvalue weighted by Gasteiger charge is 2.14. The molecule has 2 aromatic carbocycles. The standard InChI is InChI=1S/C18H16N2O5/c1-22-14-9-8-13(10-15(14)23-2)18(21)24-11-16-19-20-17(25-16)12-6-4-3-5-7-12/h3-10H,11H2,1-2H3. The van der Waals surface area contributed by atoms with Gasteiger partial charge in [0.05, 0.1) is 19.8 Å². The zero-order chi connectivity index (χ0) is 17.6. The van der Waals surface area contributed by atoms with Gasteiger partial charge in [0.2, 0.25) is 5.89 Å². The summed E-state index contributed by atoms with van der Waals surface area (Å²) in [6.07, 6.45) is 0. The predicted molar refractivity (Wildman–Crippen MR) is 88.4 cm³/mol. The molecule has 0 amide bonds. The highest BCUT2D eigenvalue weighted by molar-refractivity contribution is 5.90. The summed E-state index contributed by atoms with van der Waals surface area (Å²) in [5.41, 5.74) is 1.13. The predicted octanol–water partition coefficient (Wildman–Crippen LogP) is 3.11. The second-order valence-corrected chi connectivity index (χ2v) is 5.01. The summed E-state index contributed by atoms with van der Waals surface area (Å²) in [4.78, 5) is 12.2. The first kappa shape index (κ1) is 16.5. The Kier molecular flexibility index (Phi) is 4.94. The van der Waals surface area contributed by atoms with Crippen molar-refractivity contribution in [2.24, 2.45) is 0 Å². The van der Waals surface area contributed by atoms with E-state index in [0.717, 1.165) is 5.56 Å². The van der Waals surface area contributed by atoms with Crippen molar-refractivity contribution in [2.75, 3.05) is 14.2 Å². The quantitative estimate of drug-likeness (QED) is 0.637. The van der Waals surface area contributed by atoms with Crippen molar-refractivity contribution in [3.8, 4) is 23.0 Å². The van der Waals surface area contributed by atoms with Crippen LogP contribution in [0, 0.1) is 0 Å². The van der Waals surface area contributed by atoms with Crippen LogP contribution >= 0.6 is 0 Å². The second-order valence-electron chi connectivity index (χ2n) is 5.01. The lowest BCUT2D eigenvalue weighted by Crippen LogP contribution is -2.06. The Hall–Kier alpha value is -3.35. The SMILES string of the molecule is COc1ccc(C(=O)OCc2nnc(-c3ccccc3)o2)cc1OC. The topological polar surface area (TPSA) is 83.7 Å². The fourth-order valence-electron chi connectivity index (χ4n) is 2.18. The van der Waals surface area contributed by atoms with Gasteiger partial charge < -0.3 is 18.6 Å². The van der Waals surface area contributed by atoms with E-state index in [4.69, 9.17) is 18.6 Å². The average molecular weight is 340 g/mol. The van der Waals surface area contributed by atoms with Gasteiger partial charge >= 0.3 is 5.97 Å². The van der Waals surface area contributed by atoms with Gasteiger partial charge in [-0.3, -0.25) is 0 Å². The van der Waals surface area contributed by atoms with Gasteiger partial charge in [0, 0.05) is 5.56 Å². The first-order valence-electron chi connectivity index (χ1n) is 7.48. The number of esters is 1. The lowest BCUT2D eigenvalue weighted by atomic mass is 10.2. The molecule has 1 aromatic heterocycles. The summed E-state index contributed by atoms with van der Waals surface area (Å²) >= 11 is 0. The third kappa shape index (κ3) is 3.77. The van der Waals surface area contributed by atoms with Crippen molar-refractivity contribution in [3.05, 3.63) is 60.0 Å². The van der Waals surface area contributed by atoms with Crippen molar-refractivity contribution < 1.29 is 23.4 Å². The smallest absolute Gasteiger partial charge is 0.338 e. The minimum Gasteiger partial charge on any atom is -0.493 e. The molecule has 0 aliphatic rings. The lowest BCUT2D eigenvalue weighted by molar-refractivity contribution is 0.0438. The molecule has 0 saturated carbocycles. The number of methoxy groups -OCH3 is 2. The average Bonchev–Trinajstić information content (AvgIpc) is 3.15. The van der Waals surface area contributed by atoms with Crippen LogP contribution in [0.3, 0.4) is 0 Å². The second kappa shape index (κ2) is 7.48. The van der Waals surface area contributed by atoms with Crippen LogP contribution in [0.1, 0.15) is 16.2 Å². The van der Waals surface area contributed by atoms with E-state index in [2.05, 4.69) is 10.2 Å². The molecule has 7 heteroatoms. The number of carbonyl (C=O) groups is 1. The van der Waals surface area contributed by atoms with Crippen molar-refractivity contribution in [1.29, 1.82) is 0 Å². The molecule has 0 radical (unpaired) electrons. The van der Waals surface area contributed by atoms with Crippen LogP contribution in [-0.2, 0) is 11.3 Å². The molecule has 0 fully saturated rings. The summed E-state index contributed by atoms with van der Waals surface area (Å²) in [7, 11) is 3.02.